The van der Waals surface area contributed by atoms with Crippen LogP contribution in [0.15, 0.2) is 18.3 Å². The van der Waals surface area contributed by atoms with E-state index in [1.165, 1.54) is 30.7 Å². The number of fused-ring (bicyclic) bond motifs is 1. The predicted molar refractivity (Wildman–Crippen MR) is 116 cm³/mol. The molecule has 1 aliphatic rings. The van der Waals surface area contributed by atoms with Gasteiger partial charge in [-0.05, 0) is 25.6 Å². The largest absolute Gasteiger partial charge is 0.382 e. The standard InChI is InChI=1S/C19H23ClN6O4S/c1-26-6-5-14-13(9-26)24-19(31-14)18(29)23-12(10-30-2)8-22-16(27)17(28)25-15-4-3-11(20)7-21-15/h3-4,7,12H,5-6,8-10H2,1-2H3,(H,22,27)(H,23,29)(H,21,25,28)/t12-/m0/s1. The SMILES string of the molecule is COC[C@H](CNC(=O)C(=O)Nc1ccc(Cl)cn1)NC(=O)c1nc2c(s1)CCN(C)C2. The molecule has 0 unspecified atom stereocenters. The zero-order valence-electron chi connectivity index (χ0n) is 17.1. The molecule has 0 saturated carbocycles. The van der Waals surface area contributed by atoms with Crippen LogP contribution in [-0.2, 0) is 27.3 Å². The molecule has 166 valence electrons. The number of hydrogen-bond donors (Lipinski definition) is 3. The van der Waals surface area contributed by atoms with E-state index in [4.69, 9.17) is 16.3 Å². The average molecular weight is 467 g/mol. The summed E-state index contributed by atoms with van der Waals surface area (Å²) < 4.78 is 5.12. The van der Waals surface area contributed by atoms with Crippen molar-refractivity contribution in [1.82, 2.24) is 25.5 Å². The Kier molecular flexibility index (Phi) is 7.91. The molecular formula is C19H23ClN6O4S. The minimum absolute atomic E-state index is 0.00765. The Hall–Kier alpha value is -2.60. The summed E-state index contributed by atoms with van der Waals surface area (Å²) in [6.45, 7) is 1.81. The molecule has 3 heterocycles. The molecule has 12 heteroatoms. The van der Waals surface area contributed by atoms with Crippen molar-refractivity contribution in [2.24, 2.45) is 0 Å². The van der Waals surface area contributed by atoms with Gasteiger partial charge in [0, 0.05) is 37.8 Å². The number of anilines is 1. The minimum Gasteiger partial charge on any atom is -0.382 e. The van der Waals surface area contributed by atoms with E-state index in [0.717, 1.165) is 23.5 Å². The Morgan fingerprint density at radius 3 is 2.84 bits per heavy atom. The van der Waals surface area contributed by atoms with Crippen LogP contribution < -0.4 is 16.0 Å². The molecule has 3 amide bonds. The maximum Gasteiger partial charge on any atom is 0.314 e. The third-order valence-corrected chi connectivity index (χ3v) is 5.88. The quantitative estimate of drug-likeness (QED) is 0.512. The fourth-order valence-corrected chi connectivity index (χ4v) is 4.02. The molecule has 2 aromatic heterocycles. The fourth-order valence-electron chi connectivity index (χ4n) is 2.95. The molecule has 0 radical (unpaired) electrons. The van der Waals surface area contributed by atoms with Gasteiger partial charge in [0.15, 0.2) is 5.01 Å². The van der Waals surface area contributed by atoms with E-state index in [1.807, 2.05) is 7.05 Å². The first-order chi connectivity index (χ1) is 14.9. The lowest BCUT2D eigenvalue weighted by atomic mass is 10.2. The highest BCUT2D eigenvalue weighted by Crippen LogP contribution is 2.24. The molecule has 0 spiro atoms. The molecule has 0 saturated heterocycles. The van der Waals surface area contributed by atoms with Crippen molar-refractivity contribution in [1.29, 1.82) is 0 Å². The Balaban J connectivity index is 1.53. The Labute approximate surface area is 188 Å². The molecular weight excluding hydrogens is 444 g/mol. The van der Waals surface area contributed by atoms with Crippen LogP contribution in [-0.4, -0.2) is 72.5 Å². The second-order valence-electron chi connectivity index (χ2n) is 7.03. The average Bonchev–Trinajstić information content (AvgIpc) is 3.17. The number of amides is 3. The van der Waals surface area contributed by atoms with Crippen LogP contribution in [0.5, 0.6) is 0 Å². The van der Waals surface area contributed by atoms with Crippen molar-refractivity contribution in [2.75, 3.05) is 39.2 Å². The van der Waals surface area contributed by atoms with Gasteiger partial charge in [0.2, 0.25) is 0 Å². The summed E-state index contributed by atoms with van der Waals surface area (Å²) in [5, 5.41) is 8.45. The number of halogens is 1. The Morgan fingerprint density at radius 2 is 2.13 bits per heavy atom. The first kappa shape index (κ1) is 23.1. The highest BCUT2D eigenvalue weighted by Gasteiger charge is 2.24. The van der Waals surface area contributed by atoms with Crippen LogP contribution in [0.1, 0.15) is 20.4 Å². The van der Waals surface area contributed by atoms with Crippen LogP contribution in [0.2, 0.25) is 5.02 Å². The molecule has 2 aromatic rings. The summed E-state index contributed by atoms with van der Waals surface area (Å²) in [6.07, 6.45) is 2.22. The van der Waals surface area contributed by atoms with Gasteiger partial charge in [0.1, 0.15) is 5.82 Å². The van der Waals surface area contributed by atoms with Crippen LogP contribution in [0, 0.1) is 0 Å². The van der Waals surface area contributed by atoms with Gasteiger partial charge in [-0.25, -0.2) is 9.97 Å². The summed E-state index contributed by atoms with van der Waals surface area (Å²) in [7, 11) is 3.50. The second-order valence-corrected chi connectivity index (χ2v) is 8.55. The molecule has 0 aliphatic carbocycles. The predicted octanol–water partition coefficient (Wildman–Crippen LogP) is 0.679. The molecule has 3 N–H and O–H groups in total. The summed E-state index contributed by atoms with van der Waals surface area (Å²) in [6, 6.07) is 2.49. The van der Waals surface area contributed by atoms with E-state index in [9.17, 15) is 14.4 Å². The summed E-state index contributed by atoms with van der Waals surface area (Å²) >= 11 is 7.12. The van der Waals surface area contributed by atoms with Crippen LogP contribution >= 0.6 is 22.9 Å². The van der Waals surface area contributed by atoms with Crippen molar-refractivity contribution < 1.29 is 19.1 Å². The van der Waals surface area contributed by atoms with Gasteiger partial charge in [-0.2, -0.15) is 0 Å². The number of hydrogen-bond acceptors (Lipinski definition) is 8. The number of pyridine rings is 1. The number of aromatic nitrogens is 2. The Morgan fingerprint density at radius 1 is 1.32 bits per heavy atom. The smallest absolute Gasteiger partial charge is 0.314 e. The van der Waals surface area contributed by atoms with Crippen molar-refractivity contribution in [3.8, 4) is 0 Å². The van der Waals surface area contributed by atoms with Crippen molar-refractivity contribution >= 4 is 46.5 Å². The van der Waals surface area contributed by atoms with Crippen molar-refractivity contribution in [3.05, 3.63) is 38.9 Å². The molecule has 0 aromatic carbocycles. The van der Waals surface area contributed by atoms with E-state index in [-0.39, 0.29) is 24.9 Å². The topological polar surface area (TPSA) is 126 Å². The summed E-state index contributed by atoms with van der Waals surface area (Å²) in [5.74, 6) is -1.88. The van der Waals surface area contributed by atoms with Gasteiger partial charge in [-0.3, -0.25) is 14.4 Å². The van der Waals surface area contributed by atoms with Crippen molar-refractivity contribution in [2.45, 2.75) is 19.0 Å². The lowest BCUT2D eigenvalue weighted by molar-refractivity contribution is -0.136. The monoisotopic (exact) mass is 466 g/mol. The van der Waals surface area contributed by atoms with E-state index in [2.05, 4.69) is 30.8 Å². The number of ether oxygens (including phenoxy) is 1. The normalized spacial score (nSPS) is 14.4. The number of carbonyl (C=O) groups excluding carboxylic acids is 3. The summed E-state index contributed by atoms with van der Waals surface area (Å²) in [4.78, 5) is 48.4. The third kappa shape index (κ3) is 6.44. The lowest BCUT2D eigenvalue weighted by Gasteiger charge is -2.20. The van der Waals surface area contributed by atoms with Crippen LogP contribution in [0.25, 0.3) is 0 Å². The molecule has 1 atom stereocenters. The third-order valence-electron chi connectivity index (χ3n) is 4.50. The highest BCUT2D eigenvalue weighted by molar-refractivity contribution is 7.13. The zero-order chi connectivity index (χ0) is 22.4. The van der Waals surface area contributed by atoms with E-state index < -0.39 is 17.9 Å². The van der Waals surface area contributed by atoms with Gasteiger partial charge in [-0.1, -0.05) is 11.6 Å². The lowest BCUT2D eigenvalue weighted by Crippen LogP contribution is -2.48. The second kappa shape index (κ2) is 10.6. The van der Waals surface area contributed by atoms with Gasteiger partial charge in [-0.15, -0.1) is 11.3 Å². The van der Waals surface area contributed by atoms with Gasteiger partial charge >= 0.3 is 11.8 Å². The van der Waals surface area contributed by atoms with Crippen molar-refractivity contribution in [3.63, 3.8) is 0 Å². The van der Waals surface area contributed by atoms with E-state index in [0.29, 0.717) is 16.6 Å². The number of thiazole rings is 1. The molecule has 0 bridgehead atoms. The van der Waals surface area contributed by atoms with Gasteiger partial charge < -0.3 is 25.6 Å². The number of methoxy groups -OCH3 is 1. The molecule has 0 fully saturated rings. The van der Waals surface area contributed by atoms with E-state index >= 15 is 0 Å². The molecule has 31 heavy (non-hydrogen) atoms. The maximum absolute atomic E-state index is 12.6. The first-order valence-electron chi connectivity index (χ1n) is 9.53. The van der Waals surface area contributed by atoms with E-state index in [1.54, 1.807) is 6.07 Å². The maximum atomic E-state index is 12.6. The highest BCUT2D eigenvalue weighted by atomic mass is 35.5. The molecule has 3 rings (SSSR count). The fraction of sp³-hybridized carbons (Fsp3) is 0.421. The van der Waals surface area contributed by atoms with Crippen LogP contribution in [0.3, 0.4) is 0 Å². The Bertz CT molecular complexity index is 951. The van der Waals surface area contributed by atoms with Crippen LogP contribution in [0.4, 0.5) is 5.82 Å². The number of carbonyl (C=O) groups is 3. The first-order valence-corrected chi connectivity index (χ1v) is 10.7. The number of likely N-dealkylation sites (N-methyl/N-ethyl adjacent to an activating group) is 1. The molecule has 1 aliphatic heterocycles. The number of rotatable bonds is 7. The minimum atomic E-state index is -0.881. The molecule has 10 nitrogen and oxygen atoms in total. The number of nitrogens with zero attached hydrogens (tertiary/aromatic N) is 3. The van der Waals surface area contributed by atoms with Gasteiger partial charge in [0.25, 0.3) is 5.91 Å². The van der Waals surface area contributed by atoms with Gasteiger partial charge in [0.05, 0.1) is 23.4 Å². The summed E-state index contributed by atoms with van der Waals surface area (Å²) in [5.41, 5.74) is 0.924. The number of nitrogens with one attached hydrogen (secondary N) is 3. The zero-order valence-corrected chi connectivity index (χ0v) is 18.7.